The number of hydrogen-bond acceptors (Lipinski definition) is 3. The van der Waals surface area contributed by atoms with Gasteiger partial charge in [0.25, 0.3) is 0 Å². The van der Waals surface area contributed by atoms with Gasteiger partial charge >= 0.3 is 13.1 Å². The number of anilines is 1. The molecule has 0 aromatic heterocycles. The maximum atomic E-state index is 12.8. The molecule has 1 aromatic carbocycles. The van der Waals surface area contributed by atoms with Crippen LogP contribution in [0, 0.1) is 0 Å². The number of benzene rings is 1. The Morgan fingerprint density at radius 1 is 1.29 bits per heavy atom. The lowest BCUT2D eigenvalue weighted by Crippen LogP contribution is -2.35. The Balaban J connectivity index is 3.09. The Kier molecular flexibility index (Phi) is 5.04. The molecule has 1 rings (SSSR count). The number of halogens is 4. The number of ether oxygens (including phenoxy) is 2. The van der Waals surface area contributed by atoms with Crippen molar-refractivity contribution in [3.63, 3.8) is 0 Å². The highest BCUT2D eigenvalue weighted by atomic mass is 35.5. The van der Waals surface area contributed by atoms with Crippen LogP contribution in [-0.4, -0.2) is 25.8 Å². The van der Waals surface area contributed by atoms with E-state index in [1.165, 1.54) is 7.11 Å². The van der Waals surface area contributed by atoms with Crippen LogP contribution >= 0.6 is 11.6 Å². The van der Waals surface area contributed by atoms with Gasteiger partial charge in [-0.05, 0) is 32.9 Å². The van der Waals surface area contributed by atoms with Crippen LogP contribution < -0.4 is 15.5 Å². The maximum absolute atomic E-state index is 12.8. The van der Waals surface area contributed by atoms with Crippen molar-refractivity contribution in [3.05, 3.63) is 17.2 Å². The molecule has 0 atom stereocenters. The number of carbonyl (C=O) groups is 1. The van der Waals surface area contributed by atoms with Crippen LogP contribution in [0.2, 0.25) is 5.02 Å². The third kappa shape index (κ3) is 5.04. The molecular weight excluding hydrogens is 309 g/mol. The zero-order valence-electron chi connectivity index (χ0n) is 12.0. The van der Waals surface area contributed by atoms with Crippen molar-refractivity contribution in [2.45, 2.75) is 26.4 Å². The first kappa shape index (κ1) is 17.5. The van der Waals surface area contributed by atoms with Crippen molar-refractivity contribution in [2.24, 2.45) is 0 Å². The summed E-state index contributed by atoms with van der Waals surface area (Å²) in [5.74, 6) is -0.153. The summed E-state index contributed by atoms with van der Waals surface area (Å²) < 4.78 is 48.2. The van der Waals surface area contributed by atoms with Gasteiger partial charge in [0, 0.05) is 5.02 Å². The fourth-order valence-corrected chi connectivity index (χ4v) is 1.79. The highest BCUT2D eigenvalue weighted by Crippen LogP contribution is 2.29. The first-order chi connectivity index (χ1) is 9.44. The minimum absolute atomic E-state index is 0.000509. The van der Waals surface area contributed by atoms with Crippen LogP contribution in [0.15, 0.2) is 12.1 Å². The Morgan fingerprint density at radius 3 is 2.29 bits per heavy atom. The second-order valence-corrected chi connectivity index (χ2v) is 5.68. The molecule has 4 nitrogen and oxygen atoms in total. The maximum Gasteiger partial charge on any atom is 0.511 e. The molecule has 0 aliphatic heterocycles. The number of methoxy groups -OCH3 is 1. The Morgan fingerprint density at radius 2 is 1.86 bits per heavy atom. The van der Waals surface area contributed by atoms with Crippen molar-refractivity contribution >= 4 is 35.8 Å². The van der Waals surface area contributed by atoms with Crippen LogP contribution in [0.5, 0.6) is 5.75 Å². The highest BCUT2D eigenvalue weighted by Gasteiger charge is 2.30. The molecule has 0 aliphatic carbocycles. The summed E-state index contributed by atoms with van der Waals surface area (Å²) in [5.41, 5.74) is -1.72. The molecule has 118 valence electrons. The molecule has 0 unspecified atom stereocenters. The molecule has 1 N–H and O–H groups in total. The van der Waals surface area contributed by atoms with Crippen molar-refractivity contribution in [2.75, 3.05) is 12.4 Å². The van der Waals surface area contributed by atoms with Crippen molar-refractivity contribution in [3.8, 4) is 5.75 Å². The lowest BCUT2D eigenvalue weighted by Gasteiger charge is -2.22. The molecule has 0 saturated heterocycles. The quantitative estimate of drug-likeness (QED) is 0.861. The SMILES string of the molecule is COc1cc([B-](F)(F)F)c(Cl)cc1NC(=O)OC(C)(C)C. The van der Waals surface area contributed by atoms with E-state index in [2.05, 4.69) is 5.32 Å². The lowest BCUT2D eigenvalue weighted by molar-refractivity contribution is 0.0635. The van der Waals surface area contributed by atoms with Crippen LogP contribution in [0.3, 0.4) is 0 Å². The van der Waals surface area contributed by atoms with Crippen LogP contribution in [0.1, 0.15) is 20.8 Å². The summed E-state index contributed by atoms with van der Waals surface area (Å²) in [5, 5.41) is 1.79. The molecule has 1 amide bonds. The van der Waals surface area contributed by atoms with Crippen LogP contribution in [0.4, 0.5) is 23.4 Å². The van der Waals surface area contributed by atoms with Crippen LogP contribution in [0.25, 0.3) is 0 Å². The fourth-order valence-electron chi connectivity index (χ4n) is 1.50. The molecule has 21 heavy (non-hydrogen) atoms. The molecule has 0 spiro atoms. The number of nitrogens with one attached hydrogen (secondary N) is 1. The van der Waals surface area contributed by atoms with Gasteiger partial charge in [-0.3, -0.25) is 5.32 Å². The molecule has 0 saturated carbocycles. The van der Waals surface area contributed by atoms with Gasteiger partial charge in [0.1, 0.15) is 11.4 Å². The number of hydrogen-bond donors (Lipinski definition) is 1. The number of amides is 1. The Bertz CT molecular complexity index is 544. The molecule has 9 heteroatoms. The third-order valence-electron chi connectivity index (χ3n) is 2.31. The predicted octanol–water partition coefficient (Wildman–Crippen LogP) is 3.75. The lowest BCUT2D eigenvalue weighted by atomic mass is 9.80. The van der Waals surface area contributed by atoms with E-state index >= 15 is 0 Å². The van der Waals surface area contributed by atoms with Gasteiger partial charge < -0.3 is 22.4 Å². The largest absolute Gasteiger partial charge is 0.511 e. The highest BCUT2D eigenvalue weighted by molar-refractivity contribution is 6.76. The Hall–Kier alpha value is -1.57. The summed E-state index contributed by atoms with van der Waals surface area (Å²) in [4.78, 5) is 11.6. The standard InChI is InChI=1S/C12H15BClF3NO3/c1-12(2,3)21-11(19)18-9-6-8(14)7(13(15,16)17)5-10(9)20-4/h5-6H,1-4H3,(H,18,19)/q-1. The van der Waals surface area contributed by atoms with E-state index in [9.17, 15) is 17.7 Å². The molecule has 1 aromatic rings. The predicted molar refractivity (Wildman–Crippen MR) is 76.6 cm³/mol. The molecule has 0 heterocycles. The minimum Gasteiger partial charge on any atom is -0.495 e. The summed E-state index contributed by atoms with van der Waals surface area (Å²) >= 11 is 5.61. The van der Waals surface area contributed by atoms with Gasteiger partial charge in [0.15, 0.2) is 0 Å². The molecule has 0 fully saturated rings. The zero-order valence-corrected chi connectivity index (χ0v) is 12.7. The molecule has 0 aliphatic rings. The van der Waals surface area contributed by atoms with Gasteiger partial charge in [-0.2, -0.15) is 0 Å². The van der Waals surface area contributed by atoms with Crippen LogP contribution in [-0.2, 0) is 4.74 Å². The van der Waals surface area contributed by atoms with Crippen molar-refractivity contribution in [1.29, 1.82) is 0 Å². The van der Waals surface area contributed by atoms with E-state index in [0.29, 0.717) is 0 Å². The smallest absolute Gasteiger partial charge is 0.495 e. The van der Waals surface area contributed by atoms with E-state index in [0.717, 1.165) is 12.1 Å². The summed E-state index contributed by atoms with van der Waals surface area (Å²) in [6.45, 7) is -0.300. The van der Waals surface area contributed by atoms with Gasteiger partial charge in [-0.15, -0.1) is 0 Å². The summed E-state index contributed by atoms with van der Waals surface area (Å²) in [6, 6.07) is 1.73. The zero-order chi connectivity index (χ0) is 16.4. The average molecular weight is 325 g/mol. The average Bonchev–Trinajstić information content (AvgIpc) is 2.24. The summed E-state index contributed by atoms with van der Waals surface area (Å²) in [7, 11) is 1.19. The van der Waals surface area contributed by atoms with Crippen molar-refractivity contribution < 1.29 is 27.2 Å². The molecule has 0 bridgehead atoms. The topological polar surface area (TPSA) is 47.6 Å². The van der Waals surface area contributed by atoms with E-state index < -0.39 is 29.2 Å². The van der Waals surface area contributed by atoms with E-state index in [1.807, 2.05) is 0 Å². The first-order valence-corrected chi connectivity index (χ1v) is 6.39. The molecular formula is C12H15BClF3NO3-. The Labute approximate surface area is 125 Å². The second kappa shape index (κ2) is 6.05. The normalized spacial score (nSPS) is 12.0. The number of carbonyl (C=O) groups excluding carboxylic acids is 1. The summed E-state index contributed by atoms with van der Waals surface area (Å²) in [6.07, 6.45) is -0.817. The van der Waals surface area contributed by atoms with Crippen molar-refractivity contribution in [1.82, 2.24) is 0 Å². The van der Waals surface area contributed by atoms with E-state index in [-0.39, 0.29) is 11.4 Å². The monoisotopic (exact) mass is 324 g/mol. The number of rotatable bonds is 3. The second-order valence-electron chi connectivity index (χ2n) is 5.28. The van der Waals surface area contributed by atoms with Gasteiger partial charge in [0.05, 0.1) is 12.8 Å². The van der Waals surface area contributed by atoms with Gasteiger partial charge in [-0.25, -0.2) is 4.79 Å². The van der Waals surface area contributed by atoms with Gasteiger partial charge in [-0.1, -0.05) is 17.1 Å². The van der Waals surface area contributed by atoms with Gasteiger partial charge in [0.2, 0.25) is 0 Å². The minimum atomic E-state index is -5.28. The van der Waals surface area contributed by atoms with E-state index in [1.54, 1.807) is 20.8 Å². The van der Waals surface area contributed by atoms with E-state index in [4.69, 9.17) is 21.1 Å². The molecule has 0 radical (unpaired) electrons. The fraction of sp³-hybridized carbons (Fsp3) is 0.417. The first-order valence-electron chi connectivity index (χ1n) is 6.01. The third-order valence-corrected chi connectivity index (χ3v) is 2.63.